The van der Waals surface area contributed by atoms with Gasteiger partial charge in [0.05, 0.1) is 6.10 Å². The number of aliphatic hydroxyl groups is 1. The Morgan fingerprint density at radius 2 is 1.92 bits per heavy atom. The number of halogens is 1. The van der Waals surface area contributed by atoms with Gasteiger partial charge in [-0.15, -0.1) is 0 Å². The van der Waals surface area contributed by atoms with Crippen molar-refractivity contribution < 1.29 is 9.50 Å². The van der Waals surface area contributed by atoms with Crippen LogP contribution in [0.15, 0.2) is 18.2 Å². The monoisotopic (exact) mass is 180 g/mol. The van der Waals surface area contributed by atoms with Gasteiger partial charge < -0.3 is 5.11 Å². The lowest BCUT2D eigenvalue weighted by atomic mass is 10.0. The van der Waals surface area contributed by atoms with Crippen LogP contribution in [-0.4, -0.2) is 11.2 Å². The lowest BCUT2D eigenvalue weighted by Crippen LogP contribution is -2.13. The molecule has 1 N–H and O–H groups in total. The maximum atomic E-state index is 13.4. The normalized spacial score (nSPS) is 31.8. The molecule has 0 aromatic heterocycles. The fourth-order valence-corrected chi connectivity index (χ4v) is 2.22. The predicted octanol–water partition coefficient (Wildman–Crippen LogP) is 2.41. The summed E-state index contributed by atoms with van der Waals surface area (Å²) in [6.07, 6.45) is -0.438. The highest BCUT2D eigenvalue weighted by molar-refractivity contribution is 5.40. The lowest BCUT2D eigenvalue weighted by molar-refractivity contribution is 0.139. The Balaban J connectivity index is 2.60. The van der Waals surface area contributed by atoms with Crippen molar-refractivity contribution in [3.8, 4) is 0 Å². The largest absolute Gasteiger partial charge is 0.392 e. The number of rotatable bonds is 0. The van der Waals surface area contributed by atoms with Gasteiger partial charge in [-0.05, 0) is 17.2 Å². The first-order valence-corrected chi connectivity index (χ1v) is 4.59. The molecule has 0 saturated heterocycles. The van der Waals surface area contributed by atoms with E-state index in [1.807, 2.05) is 19.9 Å². The summed E-state index contributed by atoms with van der Waals surface area (Å²) < 4.78 is 13.4. The summed E-state index contributed by atoms with van der Waals surface area (Å²) in [5.74, 6) is -0.208. The van der Waals surface area contributed by atoms with E-state index in [4.69, 9.17) is 0 Å². The molecule has 0 unspecified atom stereocenters. The van der Waals surface area contributed by atoms with Crippen molar-refractivity contribution in [2.24, 2.45) is 0 Å². The average molecular weight is 180 g/mol. The molecule has 0 saturated carbocycles. The van der Waals surface area contributed by atoms with Crippen LogP contribution in [0.1, 0.15) is 36.8 Å². The molecule has 70 valence electrons. The van der Waals surface area contributed by atoms with E-state index in [9.17, 15) is 9.50 Å². The Hall–Kier alpha value is -0.890. The van der Waals surface area contributed by atoms with Gasteiger partial charge in [-0.25, -0.2) is 4.39 Å². The van der Waals surface area contributed by atoms with Gasteiger partial charge in [0, 0.05) is 11.8 Å². The van der Waals surface area contributed by atoms with E-state index in [2.05, 4.69) is 0 Å². The summed E-state index contributed by atoms with van der Waals surface area (Å²) in [7, 11) is 0. The van der Waals surface area contributed by atoms with Crippen LogP contribution in [0.4, 0.5) is 4.39 Å². The predicted molar refractivity (Wildman–Crippen MR) is 49.2 cm³/mol. The summed E-state index contributed by atoms with van der Waals surface area (Å²) in [4.78, 5) is 0. The molecule has 0 bridgehead atoms. The standard InChI is InChI=1S/C11H13FO/c1-6-8-4-3-5-9(12)10(8)7(2)11(6)13/h3-7,11,13H,1-2H3/t6-,7-,11+/m1/s1. The second kappa shape index (κ2) is 2.81. The Morgan fingerprint density at radius 3 is 2.54 bits per heavy atom. The second-order valence-corrected chi connectivity index (χ2v) is 3.81. The molecule has 3 atom stereocenters. The van der Waals surface area contributed by atoms with Gasteiger partial charge in [-0.2, -0.15) is 0 Å². The molecule has 1 aliphatic carbocycles. The maximum absolute atomic E-state index is 13.4. The van der Waals surface area contributed by atoms with E-state index >= 15 is 0 Å². The zero-order valence-corrected chi connectivity index (χ0v) is 7.79. The van der Waals surface area contributed by atoms with Gasteiger partial charge in [0.15, 0.2) is 0 Å². The average Bonchev–Trinajstić information content (AvgIpc) is 2.33. The van der Waals surface area contributed by atoms with Crippen molar-refractivity contribution in [2.75, 3.05) is 0 Å². The smallest absolute Gasteiger partial charge is 0.127 e. The molecular formula is C11H13FO. The van der Waals surface area contributed by atoms with Gasteiger partial charge in [-0.3, -0.25) is 0 Å². The van der Waals surface area contributed by atoms with E-state index in [0.717, 1.165) is 5.56 Å². The minimum Gasteiger partial charge on any atom is -0.392 e. The minimum absolute atomic E-state index is 0.0562. The molecule has 0 amide bonds. The van der Waals surface area contributed by atoms with Gasteiger partial charge in [0.1, 0.15) is 5.82 Å². The Labute approximate surface area is 77.2 Å². The zero-order valence-electron chi connectivity index (χ0n) is 7.79. The summed E-state index contributed by atoms with van der Waals surface area (Å²) >= 11 is 0. The Kier molecular flexibility index (Phi) is 1.88. The fourth-order valence-electron chi connectivity index (χ4n) is 2.22. The number of fused-ring (bicyclic) bond motifs is 1. The van der Waals surface area contributed by atoms with E-state index in [0.29, 0.717) is 5.56 Å². The molecule has 2 rings (SSSR count). The highest BCUT2D eigenvalue weighted by Crippen LogP contribution is 2.42. The fraction of sp³-hybridized carbons (Fsp3) is 0.455. The van der Waals surface area contributed by atoms with Gasteiger partial charge >= 0.3 is 0 Å². The van der Waals surface area contributed by atoms with Crippen LogP contribution < -0.4 is 0 Å². The molecule has 0 aliphatic heterocycles. The number of benzene rings is 1. The molecule has 1 aliphatic rings. The highest BCUT2D eigenvalue weighted by Gasteiger charge is 2.35. The lowest BCUT2D eigenvalue weighted by Gasteiger charge is -2.12. The van der Waals surface area contributed by atoms with Crippen LogP contribution in [-0.2, 0) is 0 Å². The SMILES string of the molecule is C[C@@H]1c2cccc(F)c2[C@@H](C)[C@H]1O. The number of aliphatic hydroxyl groups excluding tert-OH is 1. The molecule has 13 heavy (non-hydrogen) atoms. The molecule has 2 heteroatoms. The molecule has 1 aromatic carbocycles. The maximum Gasteiger partial charge on any atom is 0.127 e. The van der Waals surface area contributed by atoms with E-state index in [1.165, 1.54) is 6.07 Å². The van der Waals surface area contributed by atoms with E-state index in [-0.39, 0.29) is 17.7 Å². The summed E-state index contributed by atoms with van der Waals surface area (Å²) in [5, 5.41) is 9.75. The first kappa shape index (κ1) is 8.70. The van der Waals surface area contributed by atoms with Crippen LogP contribution in [0.3, 0.4) is 0 Å². The first-order chi connectivity index (χ1) is 6.13. The van der Waals surface area contributed by atoms with Crippen LogP contribution in [0.25, 0.3) is 0 Å². The van der Waals surface area contributed by atoms with Crippen LogP contribution in [0, 0.1) is 5.82 Å². The third-order valence-electron chi connectivity index (χ3n) is 3.06. The first-order valence-electron chi connectivity index (χ1n) is 4.59. The van der Waals surface area contributed by atoms with E-state index < -0.39 is 6.10 Å². The minimum atomic E-state index is -0.438. The number of hydrogen-bond acceptors (Lipinski definition) is 1. The van der Waals surface area contributed by atoms with Crippen molar-refractivity contribution in [1.82, 2.24) is 0 Å². The second-order valence-electron chi connectivity index (χ2n) is 3.81. The van der Waals surface area contributed by atoms with Gasteiger partial charge in [-0.1, -0.05) is 26.0 Å². The van der Waals surface area contributed by atoms with Crippen LogP contribution >= 0.6 is 0 Å². The van der Waals surface area contributed by atoms with Crippen LogP contribution in [0.2, 0.25) is 0 Å². The molecule has 0 spiro atoms. The van der Waals surface area contributed by atoms with Crippen molar-refractivity contribution in [2.45, 2.75) is 31.8 Å². The third kappa shape index (κ3) is 1.09. The quantitative estimate of drug-likeness (QED) is 0.650. The summed E-state index contributed by atoms with van der Waals surface area (Å²) in [6, 6.07) is 5.06. The zero-order chi connectivity index (χ0) is 9.59. The topological polar surface area (TPSA) is 20.2 Å². The molecule has 0 radical (unpaired) electrons. The van der Waals surface area contributed by atoms with Crippen molar-refractivity contribution in [1.29, 1.82) is 0 Å². The van der Waals surface area contributed by atoms with Crippen molar-refractivity contribution in [3.63, 3.8) is 0 Å². The summed E-state index contributed by atoms with van der Waals surface area (Å²) in [6.45, 7) is 3.81. The van der Waals surface area contributed by atoms with E-state index in [1.54, 1.807) is 6.07 Å². The summed E-state index contributed by atoms with van der Waals surface area (Å²) in [5.41, 5.74) is 1.66. The van der Waals surface area contributed by atoms with Crippen molar-refractivity contribution >= 4 is 0 Å². The Bertz CT molecular complexity index is 335. The van der Waals surface area contributed by atoms with Crippen molar-refractivity contribution in [3.05, 3.63) is 35.1 Å². The third-order valence-corrected chi connectivity index (χ3v) is 3.06. The Morgan fingerprint density at radius 1 is 1.23 bits per heavy atom. The molecular weight excluding hydrogens is 167 g/mol. The van der Waals surface area contributed by atoms with Gasteiger partial charge in [0.25, 0.3) is 0 Å². The molecule has 1 aromatic rings. The molecule has 0 fully saturated rings. The molecule has 0 heterocycles. The number of hydrogen-bond donors (Lipinski definition) is 1. The molecule has 1 nitrogen and oxygen atoms in total. The van der Waals surface area contributed by atoms with Gasteiger partial charge in [0.2, 0.25) is 0 Å². The highest BCUT2D eigenvalue weighted by atomic mass is 19.1. The van der Waals surface area contributed by atoms with Crippen LogP contribution in [0.5, 0.6) is 0 Å².